The Morgan fingerprint density at radius 2 is 1.70 bits per heavy atom. The molecule has 0 bridgehead atoms. The molecule has 1 aliphatic rings. The summed E-state index contributed by atoms with van der Waals surface area (Å²) in [6, 6.07) is 0.409. The highest BCUT2D eigenvalue weighted by atomic mass is 19.4. The average Bonchev–Trinajstić information content (AvgIpc) is 3.07. The number of rotatable bonds is 3. The van der Waals surface area contributed by atoms with E-state index in [1.165, 1.54) is 0 Å². The van der Waals surface area contributed by atoms with E-state index in [1.54, 1.807) is 5.43 Å². The van der Waals surface area contributed by atoms with Crippen LogP contribution in [-0.2, 0) is 6.18 Å². The van der Waals surface area contributed by atoms with Gasteiger partial charge in [-0.2, -0.15) is 31.3 Å². The second kappa shape index (κ2) is 4.36. The maximum absolute atomic E-state index is 12.7. The van der Waals surface area contributed by atoms with Gasteiger partial charge < -0.3 is 5.32 Å². The predicted octanol–water partition coefficient (Wildman–Crippen LogP) is 2.29. The molecule has 4 N–H and O–H groups in total. The van der Waals surface area contributed by atoms with Gasteiger partial charge in [0.15, 0.2) is 5.69 Å². The number of nitrogens with zero attached hydrogens (tertiary/aromatic N) is 2. The Balaban J connectivity index is 2.33. The van der Waals surface area contributed by atoms with Crippen LogP contribution in [0.2, 0.25) is 0 Å². The van der Waals surface area contributed by atoms with Crippen LogP contribution < -0.4 is 16.6 Å². The Hall–Kier alpha value is -1.78. The van der Waals surface area contributed by atoms with Gasteiger partial charge in [-0.25, -0.2) is 10.8 Å². The highest BCUT2D eigenvalue weighted by Gasteiger charge is 2.63. The average molecular weight is 301 g/mol. The Morgan fingerprint density at radius 1 is 1.10 bits per heavy atom. The molecule has 1 heterocycles. The second-order valence-electron chi connectivity index (χ2n) is 4.31. The Bertz CT molecular complexity index is 507. The van der Waals surface area contributed by atoms with E-state index in [0.29, 0.717) is 6.07 Å². The Morgan fingerprint density at radius 3 is 2.10 bits per heavy atom. The SMILES string of the molecule is NNc1nc(NC2(C(F)(F)F)CC2)cc(C(F)(F)F)n1. The molecule has 1 aromatic rings. The van der Waals surface area contributed by atoms with Crippen molar-refractivity contribution in [3.05, 3.63) is 11.8 Å². The summed E-state index contributed by atoms with van der Waals surface area (Å²) in [7, 11) is 0. The summed E-state index contributed by atoms with van der Waals surface area (Å²) in [5, 5.41) is 1.98. The first-order chi connectivity index (χ1) is 9.07. The van der Waals surface area contributed by atoms with Gasteiger partial charge in [0.05, 0.1) is 0 Å². The van der Waals surface area contributed by atoms with Crippen LogP contribution in [0.25, 0.3) is 0 Å². The summed E-state index contributed by atoms with van der Waals surface area (Å²) in [6.07, 6.45) is -9.85. The number of hydrogen-bond acceptors (Lipinski definition) is 5. The quantitative estimate of drug-likeness (QED) is 0.454. The minimum atomic E-state index is -4.82. The van der Waals surface area contributed by atoms with E-state index in [4.69, 9.17) is 5.84 Å². The van der Waals surface area contributed by atoms with Crippen molar-refractivity contribution in [3.63, 3.8) is 0 Å². The zero-order valence-electron chi connectivity index (χ0n) is 9.73. The van der Waals surface area contributed by atoms with Crippen molar-refractivity contribution >= 4 is 11.8 Å². The van der Waals surface area contributed by atoms with Gasteiger partial charge in [-0.05, 0) is 12.8 Å². The van der Waals surface area contributed by atoms with E-state index in [0.717, 1.165) is 0 Å². The summed E-state index contributed by atoms with van der Waals surface area (Å²) >= 11 is 0. The standard InChI is InChI=1S/C9H9F6N5/c10-8(11,12)4-3-5(18-6(17-4)20-16)19-7(1-2-7)9(13,14)15/h3H,1-2,16H2,(H2,17,18,19,20). The smallest absolute Gasteiger partial charge is 0.356 e. The molecule has 0 aliphatic heterocycles. The molecule has 2 rings (SSSR count). The van der Waals surface area contributed by atoms with Crippen molar-refractivity contribution in [2.24, 2.45) is 5.84 Å². The Labute approximate surface area is 108 Å². The van der Waals surface area contributed by atoms with Gasteiger partial charge >= 0.3 is 12.4 Å². The van der Waals surface area contributed by atoms with E-state index in [1.807, 2.05) is 5.32 Å². The summed E-state index contributed by atoms with van der Waals surface area (Å²) in [6.45, 7) is 0. The lowest BCUT2D eigenvalue weighted by molar-refractivity contribution is -0.151. The number of alkyl halides is 6. The molecular weight excluding hydrogens is 292 g/mol. The second-order valence-corrected chi connectivity index (χ2v) is 4.31. The van der Waals surface area contributed by atoms with Crippen LogP contribution in [0.3, 0.4) is 0 Å². The first-order valence-electron chi connectivity index (χ1n) is 5.35. The third-order valence-corrected chi connectivity index (χ3v) is 2.81. The fraction of sp³-hybridized carbons (Fsp3) is 0.556. The monoisotopic (exact) mass is 301 g/mol. The third-order valence-electron chi connectivity index (χ3n) is 2.81. The topological polar surface area (TPSA) is 75.9 Å². The molecule has 0 amide bonds. The third kappa shape index (κ3) is 2.71. The zero-order chi connectivity index (χ0) is 15.2. The number of nitrogen functional groups attached to an aromatic ring is 1. The van der Waals surface area contributed by atoms with Gasteiger partial charge in [-0.3, -0.25) is 5.43 Å². The van der Waals surface area contributed by atoms with Crippen molar-refractivity contribution in [2.75, 3.05) is 10.7 Å². The van der Waals surface area contributed by atoms with Gasteiger partial charge in [0.1, 0.15) is 11.4 Å². The first kappa shape index (κ1) is 14.6. The number of hydrogen-bond donors (Lipinski definition) is 3. The molecule has 0 atom stereocenters. The maximum Gasteiger partial charge on any atom is 0.433 e. The van der Waals surface area contributed by atoms with Gasteiger partial charge in [-0.1, -0.05) is 0 Å². The van der Waals surface area contributed by atoms with Crippen LogP contribution in [0.1, 0.15) is 18.5 Å². The molecule has 1 fully saturated rings. The van der Waals surface area contributed by atoms with Crippen LogP contribution in [0.15, 0.2) is 6.07 Å². The van der Waals surface area contributed by atoms with Gasteiger partial charge in [0, 0.05) is 6.07 Å². The van der Waals surface area contributed by atoms with Crippen molar-refractivity contribution in [1.29, 1.82) is 0 Å². The molecule has 0 aromatic carbocycles. The van der Waals surface area contributed by atoms with Crippen molar-refractivity contribution in [1.82, 2.24) is 9.97 Å². The van der Waals surface area contributed by atoms with Gasteiger partial charge in [0.25, 0.3) is 0 Å². The molecule has 20 heavy (non-hydrogen) atoms. The van der Waals surface area contributed by atoms with Crippen LogP contribution in [0, 0.1) is 0 Å². The molecule has 1 saturated carbocycles. The zero-order valence-corrected chi connectivity index (χ0v) is 9.73. The number of halogens is 6. The number of anilines is 2. The normalized spacial score (nSPS) is 17.8. The first-order valence-corrected chi connectivity index (χ1v) is 5.35. The molecule has 112 valence electrons. The van der Waals surface area contributed by atoms with Crippen LogP contribution in [0.5, 0.6) is 0 Å². The van der Waals surface area contributed by atoms with E-state index in [9.17, 15) is 26.3 Å². The fourth-order valence-corrected chi connectivity index (χ4v) is 1.57. The summed E-state index contributed by atoms with van der Waals surface area (Å²) in [5.41, 5.74) is -1.83. The number of nitrogens with one attached hydrogen (secondary N) is 2. The van der Waals surface area contributed by atoms with Crippen molar-refractivity contribution in [2.45, 2.75) is 30.7 Å². The van der Waals surface area contributed by atoms with E-state index >= 15 is 0 Å². The lowest BCUT2D eigenvalue weighted by Crippen LogP contribution is -2.39. The summed E-state index contributed by atoms with van der Waals surface area (Å²) in [4.78, 5) is 6.49. The molecule has 1 aliphatic carbocycles. The lowest BCUT2D eigenvalue weighted by atomic mass is 10.2. The molecule has 1 aromatic heterocycles. The molecule has 0 unspecified atom stereocenters. The van der Waals surface area contributed by atoms with Crippen molar-refractivity contribution in [3.8, 4) is 0 Å². The van der Waals surface area contributed by atoms with E-state index in [2.05, 4.69) is 9.97 Å². The predicted molar refractivity (Wildman–Crippen MR) is 56.5 cm³/mol. The fourth-order valence-electron chi connectivity index (χ4n) is 1.57. The highest BCUT2D eigenvalue weighted by molar-refractivity contribution is 5.47. The van der Waals surface area contributed by atoms with E-state index in [-0.39, 0.29) is 12.8 Å². The molecule has 0 saturated heterocycles. The summed E-state index contributed by atoms with van der Waals surface area (Å²) < 4.78 is 75.9. The number of aromatic nitrogens is 2. The lowest BCUT2D eigenvalue weighted by Gasteiger charge is -2.22. The highest BCUT2D eigenvalue weighted by Crippen LogP contribution is 2.51. The Kier molecular flexibility index (Phi) is 3.19. The van der Waals surface area contributed by atoms with Crippen molar-refractivity contribution < 1.29 is 26.3 Å². The number of hydrazine groups is 1. The number of nitrogens with two attached hydrogens (primary N) is 1. The van der Waals surface area contributed by atoms with Crippen LogP contribution >= 0.6 is 0 Å². The van der Waals surface area contributed by atoms with Gasteiger partial charge in [0.2, 0.25) is 5.95 Å². The molecule has 11 heteroatoms. The molecule has 5 nitrogen and oxygen atoms in total. The molecule has 0 spiro atoms. The van der Waals surface area contributed by atoms with Crippen LogP contribution in [0.4, 0.5) is 38.1 Å². The largest absolute Gasteiger partial charge is 0.433 e. The minimum absolute atomic E-state index is 0.229. The van der Waals surface area contributed by atoms with Gasteiger partial charge in [-0.15, -0.1) is 0 Å². The summed E-state index contributed by atoms with van der Waals surface area (Å²) in [5.74, 6) is 3.69. The maximum atomic E-state index is 12.7. The minimum Gasteiger partial charge on any atom is -0.356 e. The van der Waals surface area contributed by atoms with Crippen LogP contribution in [-0.4, -0.2) is 21.7 Å². The molecular formula is C9H9F6N5. The van der Waals surface area contributed by atoms with E-state index < -0.39 is 35.4 Å². The molecule has 0 radical (unpaired) electrons.